The Morgan fingerprint density at radius 3 is 2.11 bits per heavy atom. The predicted octanol–water partition coefficient (Wildman–Crippen LogP) is 4.96. The van der Waals surface area contributed by atoms with Crippen molar-refractivity contribution in [2.75, 3.05) is 0 Å². The normalized spacial score (nSPS) is 12.8. The maximum Gasteiger partial charge on any atom is 0.330 e. The Morgan fingerprint density at radius 2 is 1.37 bits per heavy atom. The minimum absolute atomic E-state index is 0.679. The number of rotatable bonds is 4. The Labute approximate surface area is 161 Å². The van der Waals surface area contributed by atoms with Crippen LogP contribution >= 0.6 is 0 Å². The monoisotopic (exact) mass is 355 g/mol. The summed E-state index contributed by atoms with van der Waals surface area (Å²) in [7, 11) is 1.74. The van der Waals surface area contributed by atoms with Crippen molar-refractivity contribution in [1.82, 2.24) is 0 Å². The smallest absolute Gasteiger partial charge is 0.330 e. The summed E-state index contributed by atoms with van der Waals surface area (Å²) in [6.45, 7) is 7.31. The molecule has 1 N–H and O–H groups in total. The summed E-state index contributed by atoms with van der Waals surface area (Å²) in [5.74, 6) is 0. The average molecular weight is 355 g/mol. The highest BCUT2D eigenvalue weighted by atomic mass is 16.5. The van der Waals surface area contributed by atoms with Gasteiger partial charge in [0.25, 0.3) is 0 Å². The largest absolute Gasteiger partial charge is 0.427 e. The van der Waals surface area contributed by atoms with E-state index >= 15 is 0 Å². The van der Waals surface area contributed by atoms with Crippen molar-refractivity contribution in [2.24, 2.45) is 0 Å². The van der Waals surface area contributed by atoms with E-state index in [0.29, 0.717) is 0 Å². The van der Waals surface area contributed by atoms with Gasteiger partial charge in [-0.3, -0.25) is 0 Å². The first kappa shape index (κ1) is 18.0. The van der Waals surface area contributed by atoms with E-state index in [1.807, 2.05) is 13.8 Å². The number of benzene rings is 4. The van der Waals surface area contributed by atoms with Crippen LogP contribution in [-0.2, 0) is 4.65 Å². The van der Waals surface area contributed by atoms with Gasteiger partial charge in [-0.2, -0.15) is 0 Å². The van der Waals surface area contributed by atoms with E-state index in [1.165, 1.54) is 32.3 Å². The van der Waals surface area contributed by atoms with Crippen LogP contribution in [0.2, 0.25) is 0 Å². The molecule has 0 aliphatic rings. The Balaban J connectivity index is 1.78. The van der Waals surface area contributed by atoms with E-state index in [4.69, 9.17) is 4.65 Å². The van der Waals surface area contributed by atoms with Crippen LogP contribution in [0.15, 0.2) is 66.7 Å². The van der Waals surface area contributed by atoms with E-state index in [-0.39, 0.29) is 0 Å². The number of fused-ring (bicyclic) bond motifs is 5. The lowest BCUT2D eigenvalue weighted by Gasteiger charge is -2.37. The molecule has 0 spiro atoms. The van der Waals surface area contributed by atoms with Gasteiger partial charge in [0.15, 0.2) is 0 Å². The third kappa shape index (κ3) is 3.22. The van der Waals surface area contributed by atoms with Crippen LogP contribution in [0.1, 0.15) is 27.7 Å². The molecule has 0 atom stereocenters. The fraction of sp³-hybridized carbons (Fsp3) is 0.250. The fourth-order valence-electron chi connectivity index (χ4n) is 3.29. The van der Waals surface area contributed by atoms with Crippen LogP contribution in [-0.4, -0.2) is 23.8 Å². The Bertz CT molecular complexity index is 1140. The van der Waals surface area contributed by atoms with E-state index < -0.39 is 11.2 Å². The minimum atomic E-state index is -0.935. The van der Waals surface area contributed by atoms with Gasteiger partial charge < -0.3 is 9.76 Å². The molecule has 0 saturated heterocycles. The molecular formula is C24H24BO2. The molecule has 3 heteroatoms. The molecule has 4 aromatic carbocycles. The van der Waals surface area contributed by atoms with Crippen LogP contribution in [0.3, 0.4) is 0 Å². The first-order valence-corrected chi connectivity index (χ1v) is 9.34. The van der Waals surface area contributed by atoms with Gasteiger partial charge in [0.2, 0.25) is 0 Å². The van der Waals surface area contributed by atoms with Crippen molar-refractivity contribution in [1.29, 1.82) is 0 Å². The summed E-state index contributed by atoms with van der Waals surface area (Å²) in [4.78, 5) is 0. The molecule has 0 aromatic heterocycles. The summed E-state index contributed by atoms with van der Waals surface area (Å²) in [6, 6.07) is 23.6. The first-order valence-electron chi connectivity index (χ1n) is 9.34. The molecule has 0 saturated carbocycles. The molecule has 4 aromatic rings. The topological polar surface area (TPSA) is 29.5 Å². The van der Waals surface area contributed by atoms with Gasteiger partial charge in [0.1, 0.15) is 0 Å². The maximum atomic E-state index is 10.3. The zero-order valence-electron chi connectivity index (χ0n) is 16.3. The van der Waals surface area contributed by atoms with Crippen molar-refractivity contribution >= 4 is 45.3 Å². The summed E-state index contributed by atoms with van der Waals surface area (Å²) in [5, 5.41) is 17.7. The average Bonchev–Trinajstić information content (AvgIpc) is 2.64. The summed E-state index contributed by atoms with van der Waals surface area (Å²) in [6.07, 6.45) is 0. The molecule has 2 nitrogen and oxygen atoms in total. The number of hydrogen-bond acceptors (Lipinski definition) is 2. The van der Waals surface area contributed by atoms with Crippen LogP contribution in [0.4, 0.5) is 0 Å². The molecule has 0 unspecified atom stereocenters. The minimum Gasteiger partial charge on any atom is -0.427 e. The Hall–Kier alpha value is -2.36. The van der Waals surface area contributed by atoms with Gasteiger partial charge in [-0.15, -0.1) is 0 Å². The molecule has 0 aliphatic carbocycles. The van der Waals surface area contributed by atoms with Crippen molar-refractivity contribution in [3.05, 3.63) is 66.7 Å². The predicted molar refractivity (Wildman–Crippen MR) is 116 cm³/mol. The van der Waals surface area contributed by atoms with E-state index in [9.17, 15) is 5.11 Å². The number of aliphatic hydroxyl groups is 1. The second kappa shape index (κ2) is 6.37. The molecule has 1 radical (unpaired) electrons. The van der Waals surface area contributed by atoms with Gasteiger partial charge in [0.05, 0.1) is 11.2 Å². The summed E-state index contributed by atoms with van der Waals surface area (Å²) < 4.78 is 5.91. The zero-order chi connectivity index (χ0) is 19.2. The highest BCUT2D eigenvalue weighted by Crippen LogP contribution is 2.31. The Kier molecular flexibility index (Phi) is 4.25. The molecule has 27 heavy (non-hydrogen) atoms. The van der Waals surface area contributed by atoms with Crippen LogP contribution < -0.4 is 5.46 Å². The van der Waals surface area contributed by atoms with E-state index in [0.717, 1.165) is 5.46 Å². The second-order valence-corrected chi connectivity index (χ2v) is 8.24. The summed E-state index contributed by atoms with van der Waals surface area (Å²) in [5.41, 5.74) is -0.629. The fourth-order valence-corrected chi connectivity index (χ4v) is 3.29. The quantitative estimate of drug-likeness (QED) is 0.414. The molecule has 135 valence electrons. The lowest BCUT2D eigenvalue weighted by atomic mass is 9.81. The van der Waals surface area contributed by atoms with Crippen molar-refractivity contribution in [3.8, 4) is 0 Å². The van der Waals surface area contributed by atoms with Crippen LogP contribution in [0.5, 0.6) is 0 Å². The molecule has 0 bridgehead atoms. The lowest BCUT2D eigenvalue weighted by Crippen LogP contribution is -2.49. The molecule has 0 aliphatic heterocycles. The summed E-state index contributed by atoms with van der Waals surface area (Å²) >= 11 is 0. The SMILES string of the molecule is CC(C)(O)C(C)(C)O[B]c1ccc2c(ccc3ccc4ccccc4c32)c1. The lowest BCUT2D eigenvalue weighted by molar-refractivity contribution is -0.0893. The third-order valence-corrected chi connectivity index (χ3v) is 5.71. The van der Waals surface area contributed by atoms with E-state index in [1.54, 1.807) is 21.3 Å². The zero-order valence-corrected chi connectivity index (χ0v) is 16.3. The van der Waals surface area contributed by atoms with Gasteiger partial charge in [-0.1, -0.05) is 72.2 Å². The van der Waals surface area contributed by atoms with Crippen molar-refractivity contribution in [3.63, 3.8) is 0 Å². The standard InChI is InChI=1S/C24H24BO2/c1-23(2,26)24(3,4)27-25-19-13-14-21-18(15-19)12-11-17-10-9-16-7-5-6-8-20(16)22(17)21/h5-15,26H,1-4H3. The third-order valence-electron chi connectivity index (χ3n) is 5.71. The molecular weight excluding hydrogens is 331 g/mol. The van der Waals surface area contributed by atoms with Crippen LogP contribution in [0.25, 0.3) is 32.3 Å². The highest BCUT2D eigenvalue weighted by molar-refractivity contribution is 6.47. The molecule has 0 amide bonds. The van der Waals surface area contributed by atoms with Gasteiger partial charge in [-0.25, -0.2) is 0 Å². The molecule has 0 heterocycles. The van der Waals surface area contributed by atoms with Crippen molar-refractivity contribution < 1.29 is 9.76 Å². The molecule has 4 rings (SSSR count). The Morgan fingerprint density at radius 1 is 0.741 bits per heavy atom. The van der Waals surface area contributed by atoms with Gasteiger partial charge >= 0.3 is 7.48 Å². The highest BCUT2D eigenvalue weighted by Gasteiger charge is 2.35. The van der Waals surface area contributed by atoms with Gasteiger partial charge in [-0.05, 0) is 60.0 Å². The van der Waals surface area contributed by atoms with E-state index in [2.05, 4.69) is 66.7 Å². The maximum absolute atomic E-state index is 10.3. The van der Waals surface area contributed by atoms with Gasteiger partial charge in [0, 0.05) is 0 Å². The van der Waals surface area contributed by atoms with Crippen molar-refractivity contribution in [2.45, 2.75) is 38.9 Å². The van der Waals surface area contributed by atoms with Crippen LogP contribution in [0, 0.1) is 0 Å². The second-order valence-electron chi connectivity index (χ2n) is 8.24. The number of hydrogen-bond donors (Lipinski definition) is 1. The molecule has 0 fully saturated rings. The first-order chi connectivity index (χ1) is 12.8.